The summed E-state index contributed by atoms with van der Waals surface area (Å²) in [6.07, 6.45) is 3.84. The van der Waals surface area contributed by atoms with Gasteiger partial charge >= 0.3 is 0 Å². The maximum Gasteiger partial charge on any atom is 0.0702 e. The van der Waals surface area contributed by atoms with Gasteiger partial charge in [0.2, 0.25) is 0 Å². The van der Waals surface area contributed by atoms with Crippen molar-refractivity contribution < 1.29 is 4.74 Å². The Morgan fingerprint density at radius 2 is 2.21 bits per heavy atom. The van der Waals surface area contributed by atoms with Crippen LogP contribution in [0.5, 0.6) is 0 Å². The van der Waals surface area contributed by atoms with Crippen LogP contribution in [0.15, 0.2) is 24.3 Å². The number of nitrogens with two attached hydrogens (primary N) is 1. The minimum absolute atomic E-state index is 0.133. The lowest BCUT2D eigenvalue weighted by Gasteiger charge is -2.22. The van der Waals surface area contributed by atoms with Gasteiger partial charge in [0.05, 0.1) is 6.10 Å². The van der Waals surface area contributed by atoms with Crippen LogP contribution in [0, 0.1) is 6.92 Å². The number of aryl methyl sites for hydroxylation is 1. The molecule has 2 unspecified atom stereocenters. The van der Waals surface area contributed by atoms with Crippen molar-refractivity contribution in [3.05, 3.63) is 35.4 Å². The molecule has 0 aromatic heterocycles. The molecule has 1 aliphatic heterocycles. The first kappa shape index (κ1) is 14.5. The van der Waals surface area contributed by atoms with Crippen molar-refractivity contribution in [1.29, 1.82) is 0 Å². The first-order chi connectivity index (χ1) is 9.16. The van der Waals surface area contributed by atoms with Crippen LogP contribution in [0.25, 0.3) is 0 Å². The van der Waals surface area contributed by atoms with Gasteiger partial charge in [-0.25, -0.2) is 0 Å². The molecular formula is C16H26N2O. The molecule has 2 rings (SSSR count). The minimum Gasteiger partial charge on any atom is -0.377 e. The number of nitrogens with zero attached hydrogens (tertiary/aromatic N) is 1. The van der Waals surface area contributed by atoms with E-state index in [1.54, 1.807) is 0 Å². The Balaban J connectivity index is 1.76. The average Bonchev–Trinajstić information content (AvgIpc) is 2.89. The van der Waals surface area contributed by atoms with Crippen molar-refractivity contribution in [3.8, 4) is 0 Å². The van der Waals surface area contributed by atoms with Crippen LogP contribution in [0.1, 0.15) is 36.4 Å². The van der Waals surface area contributed by atoms with Gasteiger partial charge in [0.25, 0.3) is 0 Å². The molecule has 1 aliphatic rings. The molecule has 1 aromatic rings. The summed E-state index contributed by atoms with van der Waals surface area (Å²) in [5.41, 5.74) is 8.85. The zero-order chi connectivity index (χ0) is 13.7. The average molecular weight is 262 g/mol. The predicted molar refractivity (Wildman–Crippen MR) is 79.2 cm³/mol. The van der Waals surface area contributed by atoms with E-state index in [9.17, 15) is 0 Å². The smallest absolute Gasteiger partial charge is 0.0702 e. The molecule has 0 spiro atoms. The molecule has 1 saturated heterocycles. The fourth-order valence-electron chi connectivity index (χ4n) is 2.75. The highest BCUT2D eigenvalue weighted by molar-refractivity contribution is 5.28. The first-order valence-corrected chi connectivity index (χ1v) is 7.28. The lowest BCUT2D eigenvalue weighted by Crippen LogP contribution is -2.31. The van der Waals surface area contributed by atoms with Crippen LogP contribution in [0.4, 0.5) is 0 Å². The summed E-state index contributed by atoms with van der Waals surface area (Å²) in [7, 11) is 2.16. The molecule has 0 saturated carbocycles. The summed E-state index contributed by atoms with van der Waals surface area (Å²) >= 11 is 0. The van der Waals surface area contributed by atoms with Crippen molar-refractivity contribution in [2.24, 2.45) is 5.73 Å². The molecule has 106 valence electrons. The lowest BCUT2D eigenvalue weighted by molar-refractivity contribution is 0.0804. The number of benzene rings is 1. The second kappa shape index (κ2) is 7.04. The van der Waals surface area contributed by atoms with Gasteiger partial charge in [-0.3, -0.25) is 0 Å². The van der Waals surface area contributed by atoms with E-state index in [-0.39, 0.29) is 6.04 Å². The van der Waals surface area contributed by atoms with Crippen molar-refractivity contribution in [3.63, 3.8) is 0 Å². The number of hydrogen-bond acceptors (Lipinski definition) is 3. The first-order valence-electron chi connectivity index (χ1n) is 7.28. The molecule has 1 heterocycles. The van der Waals surface area contributed by atoms with Crippen LogP contribution in [0.2, 0.25) is 0 Å². The summed E-state index contributed by atoms with van der Waals surface area (Å²) in [6, 6.07) is 8.53. The minimum atomic E-state index is 0.133. The van der Waals surface area contributed by atoms with E-state index in [1.165, 1.54) is 24.0 Å². The Labute approximate surface area is 116 Å². The Bertz CT molecular complexity index is 388. The van der Waals surface area contributed by atoms with Gasteiger partial charge in [-0.05, 0) is 50.9 Å². The van der Waals surface area contributed by atoms with E-state index >= 15 is 0 Å². The summed E-state index contributed by atoms with van der Waals surface area (Å²) in [4.78, 5) is 2.34. The zero-order valence-electron chi connectivity index (χ0n) is 12.1. The van der Waals surface area contributed by atoms with Gasteiger partial charge in [0.1, 0.15) is 0 Å². The third kappa shape index (κ3) is 4.30. The van der Waals surface area contributed by atoms with Gasteiger partial charge in [0, 0.05) is 19.2 Å². The Morgan fingerprint density at radius 3 is 2.89 bits per heavy atom. The fraction of sp³-hybridized carbons (Fsp3) is 0.625. The summed E-state index contributed by atoms with van der Waals surface area (Å²) in [5, 5.41) is 0. The number of likely N-dealkylation sites (N-methyl/N-ethyl adjacent to an activating group) is 1. The predicted octanol–water partition coefficient (Wildman–Crippen LogP) is 2.50. The van der Waals surface area contributed by atoms with Crippen LogP contribution in [-0.4, -0.2) is 37.7 Å². The molecule has 0 radical (unpaired) electrons. The third-order valence-electron chi connectivity index (χ3n) is 3.95. The topological polar surface area (TPSA) is 38.5 Å². The van der Waals surface area contributed by atoms with Gasteiger partial charge in [-0.1, -0.05) is 24.3 Å². The van der Waals surface area contributed by atoms with Crippen molar-refractivity contribution in [1.82, 2.24) is 4.90 Å². The SMILES string of the molecule is Cc1ccccc1C(N)CCN(C)CC1CCCO1. The van der Waals surface area contributed by atoms with Gasteiger partial charge < -0.3 is 15.4 Å². The summed E-state index contributed by atoms with van der Waals surface area (Å²) < 4.78 is 5.66. The van der Waals surface area contributed by atoms with E-state index in [4.69, 9.17) is 10.5 Å². The number of rotatable bonds is 6. The van der Waals surface area contributed by atoms with E-state index < -0.39 is 0 Å². The number of hydrogen-bond donors (Lipinski definition) is 1. The van der Waals surface area contributed by atoms with Gasteiger partial charge in [0.15, 0.2) is 0 Å². The molecule has 19 heavy (non-hydrogen) atoms. The fourth-order valence-corrected chi connectivity index (χ4v) is 2.75. The molecule has 2 atom stereocenters. The Morgan fingerprint density at radius 1 is 1.42 bits per heavy atom. The molecule has 2 N–H and O–H groups in total. The van der Waals surface area contributed by atoms with Crippen LogP contribution >= 0.6 is 0 Å². The van der Waals surface area contributed by atoms with Crippen molar-refractivity contribution in [2.45, 2.75) is 38.3 Å². The highest BCUT2D eigenvalue weighted by Crippen LogP contribution is 2.19. The second-order valence-corrected chi connectivity index (χ2v) is 5.65. The lowest BCUT2D eigenvalue weighted by atomic mass is 9.99. The third-order valence-corrected chi connectivity index (χ3v) is 3.95. The molecule has 3 nitrogen and oxygen atoms in total. The second-order valence-electron chi connectivity index (χ2n) is 5.65. The molecule has 1 aromatic carbocycles. The molecule has 0 aliphatic carbocycles. The van der Waals surface area contributed by atoms with Gasteiger partial charge in [-0.2, -0.15) is 0 Å². The quantitative estimate of drug-likeness (QED) is 0.856. The Kier molecular flexibility index (Phi) is 5.37. The molecule has 1 fully saturated rings. The normalized spacial score (nSPS) is 20.9. The van der Waals surface area contributed by atoms with E-state index in [1.807, 2.05) is 0 Å². The van der Waals surface area contributed by atoms with E-state index in [0.29, 0.717) is 6.10 Å². The molecule has 0 bridgehead atoms. The molecule has 0 amide bonds. The van der Waals surface area contributed by atoms with E-state index in [0.717, 1.165) is 26.1 Å². The number of ether oxygens (including phenoxy) is 1. The van der Waals surface area contributed by atoms with Crippen LogP contribution in [0.3, 0.4) is 0 Å². The van der Waals surface area contributed by atoms with Crippen LogP contribution < -0.4 is 5.73 Å². The van der Waals surface area contributed by atoms with Crippen LogP contribution in [-0.2, 0) is 4.74 Å². The maximum absolute atomic E-state index is 6.29. The zero-order valence-corrected chi connectivity index (χ0v) is 12.1. The van der Waals surface area contributed by atoms with Gasteiger partial charge in [-0.15, -0.1) is 0 Å². The summed E-state index contributed by atoms with van der Waals surface area (Å²) in [5.74, 6) is 0. The molecule has 3 heteroatoms. The van der Waals surface area contributed by atoms with Crippen molar-refractivity contribution >= 4 is 0 Å². The highest BCUT2D eigenvalue weighted by atomic mass is 16.5. The Hall–Kier alpha value is -0.900. The monoisotopic (exact) mass is 262 g/mol. The largest absolute Gasteiger partial charge is 0.377 e. The molecular weight excluding hydrogens is 236 g/mol. The van der Waals surface area contributed by atoms with Crippen molar-refractivity contribution in [2.75, 3.05) is 26.7 Å². The highest BCUT2D eigenvalue weighted by Gasteiger charge is 2.17. The maximum atomic E-state index is 6.29. The van der Waals surface area contributed by atoms with E-state index in [2.05, 4.69) is 43.1 Å². The standard InChI is InChI=1S/C16H26N2O/c1-13-6-3-4-8-15(13)16(17)9-10-18(2)12-14-7-5-11-19-14/h3-4,6,8,14,16H,5,7,9-12,17H2,1-2H3. The summed E-state index contributed by atoms with van der Waals surface area (Å²) in [6.45, 7) is 5.11.